The number of aromatic nitrogens is 5. The lowest BCUT2D eigenvalue weighted by molar-refractivity contribution is 0.332. The molecule has 1 aliphatic heterocycles. The second kappa shape index (κ2) is 7.30. The molecule has 3 aromatic heterocycles. The van der Waals surface area contributed by atoms with E-state index in [-0.39, 0.29) is 5.92 Å². The van der Waals surface area contributed by atoms with Gasteiger partial charge in [-0.2, -0.15) is 4.98 Å². The summed E-state index contributed by atoms with van der Waals surface area (Å²) in [5.74, 6) is 3.18. The van der Waals surface area contributed by atoms with Crippen LogP contribution in [0.4, 0.5) is 11.8 Å². The monoisotopic (exact) mass is 365 g/mol. The summed E-state index contributed by atoms with van der Waals surface area (Å²) < 4.78 is 5.50. The molecule has 4 rings (SSSR count). The van der Waals surface area contributed by atoms with Crippen molar-refractivity contribution in [3.8, 4) is 11.4 Å². The molecule has 1 fully saturated rings. The van der Waals surface area contributed by atoms with E-state index < -0.39 is 0 Å². The lowest BCUT2D eigenvalue weighted by Crippen LogP contribution is -2.35. The van der Waals surface area contributed by atoms with E-state index >= 15 is 0 Å². The summed E-state index contributed by atoms with van der Waals surface area (Å²) in [5.41, 5.74) is 1.91. The number of nitrogens with zero attached hydrogens (tertiary/aromatic N) is 7. The molecule has 0 aromatic carbocycles. The van der Waals surface area contributed by atoms with Gasteiger partial charge in [-0.15, -0.1) is 0 Å². The average Bonchev–Trinajstić information content (AvgIpc) is 3.19. The van der Waals surface area contributed by atoms with E-state index in [9.17, 15) is 0 Å². The first-order valence-corrected chi connectivity index (χ1v) is 9.12. The standard InChI is InChI=1S/C19H23N7O/c1-13-11-16(22-17(21-13)14-6-8-20-9-7-14)26-10-4-5-15(12-26)18-23-19(24-27-18)25(2)3/h6-9,11,15H,4-5,10,12H2,1-3H3. The molecule has 8 nitrogen and oxygen atoms in total. The van der Waals surface area contributed by atoms with Crippen molar-refractivity contribution in [3.63, 3.8) is 0 Å². The van der Waals surface area contributed by atoms with Crippen LogP contribution in [0, 0.1) is 6.92 Å². The summed E-state index contributed by atoms with van der Waals surface area (Å²) in [4.78, 5) is 22.1. The Morgan fingerprint density at radius 2 is 1.96 bits per heavy atom. The van der Waals surface area contributed by atoms with E-state index in [1.807, 2.05) is 44.1 Å². The van der Waals surface area contributed by atoms with Gasteiger partial charge in [-0.05, 0) is 37.1 Å². The highest BCUT2D eigenvalue weighted by Gasteiger charge is 2.27. The molecule has 140 valence electrons. The van der Waals surface area contributed by atoms with Crippen molar-refractivity contribution in [3.05, 3.63) is 42.2 Å². The van der Waals surface area contributed by atoms with Crippen molar-refractivity contribution in [2.75, 3.05) is 37.0 Å². The molecule has 0 amide bonds. The smallest absolute Gasteiger partial charge is 0.265 e. The Hall–Kier alpha value is -3.03. The number of rotatable bonds is 4. The van der Waals surface area contributed by atoms with Crippen LogP contribution in [-0.4, -0.2) is 52.3 Å². The van der Waals surface area contributed by atoms with Crippen molar-refractivity contribution < 1.29 is 4.52 Å². The third-order valence-corrected chi connectivity index (χ3v) is 4.70. The topological polar surface area (TPSA) is 84.1 Å². The van der Waals surface area contributed by atoms with Gasteiger partial charge in [-0.25, -0.2) is 9.97 Å². The molecule has 1 saturated heterocycles. The van der Waals surface area contributed by atoms with E-state index in [0.717, 1.165) is 48.8 Å². The minimum absolute atomic E-state index is 0.208. The molecular formula is C19H23N7O. The van der Waals surface area contributed by atoms with Crippen LogP contribution in [0.5, 0.6) is 0 Å². The molecule has 27 heavy (non-hydrogen) atoms. The zero-order valence-corrected chi connectivity index (χ0v) is 15.8. The maximum Gasteiger partial charge on any atom is 0.265 e. The van der Waals surface area contributed by atoms with Crippen LogP contribution in [0.1, 0.15) is 30.3 Å². The van der Waals surface area contributed by atoms with Crippen LogP contribution in [0.2, 0.25) is 0 Å². The van der Waals surface area contributed by atoms with E-state index in [2.05, 4.69) is 25.0 Å². The summed E-state index contributed by atoms with van der Waals surface area (Å²) in [6, 6.07) is 5.89. The molecule has 4 heterocycles. The predicted octanol–water partition coefficient (Wildman–Crippen LogP) is 2.68. The molecule has 0 spiro atoms. The minimum atomic E-state index is 0.208. The molecule has 0 saturated carbocycles. The lowest BCUT2D eigenvalue weighted by atomic mass is 9.98. The fourth-order valence-corrected chi connectivity index (χ4v) is 3.31. The van der Waals surface area contributed by atoms with Crippen molar-refractivity contribution >= 4 is 11.8 Å². The molecule has 0 bridgehead atoms. The highest BCUT2D eigenvalue weighted by Crippen LogP contribution is 2.30. The van der Waals surface area contributed by atoms with Gasteiger partial charge in [0, 0.05) is 56.9 Å². The van der Waals surface area contributed by atoms with E-state index in [0.29, 0.717) is 11.8 Å². The van der Waals surface area contributed by atoms with E-state index in [1.165, 1.54) is 0 Å². The number of pyridine rings is 1. The average molecular weight is 365 g/mol. The van der Waals surface area contributed by atoms with Crippen molar-refractivity contribution in [1.82, 2.24) is 25.1 Å². The summed E-state index contributed by atoms with van der Waals surface area (Å²) in [6.07, 6.45) is 5.61. The Morgan fingerprint density at radius 3 is 2.70 bits per heavy atom. The quantitative estimate of drug-likeness (QED) is 0.698. The van der Waals surface area contributed by atoms with Gasteiger partial charge in [-0.3, -0.25) is 4.98 Å². The van der Waals surface area contributed by atoms with Gasteiger partial charge < -0.3 is 14.3 Å². The molecule has 0 aliphatic carbocycles. The maximum atomic E-state index is 5.50. The fraction of sp³-hybridized carbons (Fsp3) is 0.421. The summed E-state index contributed by atoms with van der Waals surface area (Å²) in [5, 5.41) is 4.05. The Morgan fingerprint density at radius 1 is 1.15 bits per heavy atom. The van der Waals surface area contributed by atoms with Crippen molar-refractivity contribution in [2.24, 2.45) is 0 Å². The van der Waals surface area contributed by atoms with Crippen LogP contribution >= 0.6 is 0 Å². The Labute approximate surface area is 158 Å². The molecule has 3 aromatic rings. The summed E-state index contributed by atoms with van der Waals surface area (Å²) in [7, 11) is 3.82. The number of hydrogen-bond donors (Lipinski definition) is 0. The molecular weight excluding hydrogens is 342 g/mol. The van der Waals surface area contributed by atoms with Crippen LogP contribution < -0.4 is 9.80 Å². The van der Waals surface area contributed by atoms with Crippen LogP contribution in [-0.2, 0) is 0 Å². The molecule has 0 N–H and O–H groups in total. The van der Waals surface area contributed by atoms with E-state index in [4.69, 9.17) is 9.51 Å². The summed E-state index contributed by atoms with van der Waals surface area (Å²) in [6.45, 7) is 3.76. The first-order valence-electron chi connectivity index (χ1n) is 9.12. The second-order valence-electron chi connectivity index (χ2n) is 7.04. The maximum absolute atomic E-state index is 5.50. The van der Waals surface area contributed by atoms with Gasteiger partial charge in [0.05, 0.1) is 5.92 Å². The van der Waals surface area contributed by atoms with Gasteiger partial charge in [0.1, 0.15) is 5.82 Å². The van der Waals surface area contributed by atoms with Crippen LogP contribution in [0.15, 0.2) is 35.1 Å². The van der Waals surface area contributed by atoms with Gasteiger partial charge in [0.2, 0.25) is 5.89 Å². The zero-order chi connectivity index (χ0) is 18.8. The zero-order valence-electron chi connectivity index (χ0n) is 15.8. The van der Waals surface area contributed by atoms with Crippen molar-refractivity contribution in [1.29, 1.82) is 0 Å². The molecule has 8 heteroatoms. The van der Waals surface area contributed by atoms with E-state index in [1.54, 1.807) is 12.4 Å². The Balaban J connectivity index is 1.58. The molecule has 1 aliphatic rings. The predicted molar refractivity (Wildman–Crippen MR) is 103 cm³/mol. The largest absolute Gasteiger partial charge is 0.356 e. The highest BCUT2D eigenvalue weighted by molar-refractivity contribution is 5.57. The normalized spacial score (nSPS) is 17.1. The van der Waals surface area contributed by atoms with Gasteiger partial charge >= 0.3 is 0 Å². The number of hydrogen-bond acceptors (Lipinski definition) is 8. The number of anilines is 2. The van der Waals surface area contributed by atoms with Crippen LogP contribution in [0.25, 0.3) is 11.4 Å². The van der Waals surface area contributed by atoms with Gasteiger partial charge in [0.25, 0.3) is 5.95 Å². The fourth-order valence-electron chi connectivity index (χ4n) is 3.31. The third kappa shape index (κ3) is 3.74. The number of aryl methyl sites for hydroxylation is 1. The van der Waals surface area contributed by atoms with Gasteiger partial charge in [-0.1, -0.05) is 0 Å². The Bertz CT molecular complexity index is 909. The molecule has 1 unspecified atom stereocenters. The second-order valence-corrected chi connectivity index (χ2v) is 7.04. The first-order chi connectivity index (χ1) is 13.1. The molecule has 0 radical (unpaired) electrons. The SMILES string of the molecule is Cc1cc(N2CCCC(c3nc(N(C)C)no3)C2)nc(-c2ccncc2)n1. The molecule has 1 atom stereocenters. The van der Waals surface area contributed by atoms with Crippen LogP contribution in [0.3, 0.4) is 0 Å². The lowest BCUT2D eigenvalue weighted by Gasteiger charge is -2.32. The third-order valence-electron chi connectivity index (χ3n) is 4.70. The Kier molecular flexibility index (Phi) is 4.70. The first kappa shape index (κ1) is 17.4. The highest BCUT2D eigenvalue weighted by atomic mass is 16.5. The van der Waals surface area contributed by atoms with Gasteiger partial charge in [0.15, 0.2) is 5.82 Å². The van der Waals surface area contributed by atoms with Crippen molar-refractivity contribution in [2.45, 2.75) is 25.7 Å². The minimum Gasteiger partial charge on any atom is -0.356 e. The number of piperidine rings is 1. The summed E-state index contributed by atoms with van der Waals surface area (Å²) >= 11 is 0.